The second-order valence-electron chi connectivity index (χ2n) is 5.35. The van der Waals surface area contributed by atoms with E-state index in [1.165, 1.54) is 31.4 Å². The lowest BCUT2D eigenvalue weighted by molar-refractivity contribution is 0.172. The van der Waals surface area contributed by atoms with Crippen LogP contribution in [0.3, 0.4) is 0 Å². The zero-order chi connectivity index (χ0) is 10.3. The summed E-state index contributed by atoms with van der Waals surface area (Å²) >= 11 is 0. The molecule has 1 heterocycles. The Labute approximate surface area is 92.1 Å². The molecule has 84 valence electrons. The van der Waals surface area contributed by atoms with Crippen molar-refractivity contribution >= 4 is 0 Å². The van der Waals surface area contributed by atoms with Crippen LogP contribution in [-0.2, 0) is 4.74 Å². The van der Waals surface area contributed by atoms with Crippen molar-refractivity contribution in [2.45, 2.75) is 38.1 Å². The molecular formula is C13H21NO. The number of rotatable bonds is 3. The second kappa shape index (κ2) is 3.82. The summed E-state index contributed by atoms with van der Waals surface area (Å²) < 4.78 is 5.72. The Balaban J connectivity index is 1.73. The van der Waals surface area contributed by atoms with E-state index in [9.17, 15) is 0 Å². The van der Waals surface area contributed by atoms with Crippen molar-refractivity contribution in [1.82, 2.24) is 5.32 Å². The van der Waals surface area contributed by atoms with Gasteiger partial charge < -0.3 is 10.1 Å². The van der Waals surface area contributed by atoms with E-state index in [0.717, 1.165) is 30.8 Å². The van der Waals surface area contributed by atoms with Gasteiger partial charge in [-0.1, -0.05) is 6.42 Å². The highest BCUT2D eigenvalue weighted by atomic mass is 16.5. The van der Waals surface area contributed by atoms with Crippen molar-refractivity contribution in [2.75, 3.05) is 13.7 Å². The Kier molecular flexibility index (Phi) is 2.47. The van der Waals surface area contributed by atoms with Crippen molar-refractivity contribution in [3.05, 3.63) is 11.8 Å². The lowest BCUT2D eigenvalue weighted by atomic mass is 9.82. The van der Waals surface area contributed by atoms with Gasteiger partial charge >= 0.3 is 0 Å². The van der Waals surface area contributed by atoms with Crippen molar-refractivity contribution in [2.24, 2.45) is 17.8 Å². The molecule has 0 aromatic rings. The highest BCUT2D eigenvalue weighted by molar-refractivity contribution is 5.12. The van der Waals surface area contributed by atoms with E-state index in [4.69, 9.17) is 4.74 Å². The van der Waals surface area contributed by atoms with Gasteiger partial charge in [-0.3, -0.25) is 0 Å². The monoisotopic (exact) mass is 207 g/mol. The quantitative estimate of drug-likeness (QED) is 0.767. The minimum absolute atomic E-state index is 0.503. The van der Waals surface area contributed by atoms with Crippen LogP contribution in [0.15, 0.2) is 11.8 Å². The highest BCUT2D eigenvalue weighted by Crippen LogP contribution is 2.50. The van der Waals surface area contributed by atoms with Crippen molar-refractivity contribution in [3.63, 3.8) is 0 Å². The first-order chi connectivity index (χ1) is 7.38. The third-order valence-electron chi connectivity index (χ3n) is 4.57. The van der Waals surface area contributed by atoms with Crippen LogP contribution >= 0.6 is 0 Å². The van der Waals surface area contributed by atoms with Crippen molar-refractivity contribution in [3.8, 4) is 0 Å². The normalized spacial score (nSPS) is 40.3. The smallest absolute Gasteiger partial charge is 0.109 e. The molecule has 2 bridgehead atoms. The lowest BCUT2D eigenvalue weighted by Gasteiger charge is -2.30. The van der Waals surface area contributed by atoms with Gasteiger partial charge in [0.2, 0.25) is 0 Å². The van der Waals surface area contributed by atoms with Gasteiger partial charge in [0, 0.05) is 6.42 Å². The van der Waals surface area contributed by atoms with Gasteiger partial charge in [0.1, 0.15) is 5.76 Å². The van der Waals surface area contributed by atoms with Gasteiger partial charge in [-0.2, -0.15) is 0 Å². The fourth-order valence-electron chi connectivity index (χ4n) is 3.92. The maximum atomic E-state index is 5.72. The third-order valence-corrected chi connectivity index (χ3v) is 4.57. The summed E-state index contributed by atoms with van der Waals surface area (Å²) in [7, 11) is 2.08. The minimum atomic E-state index is 0.503. The third kappa shape index (κ3) is 1.59. The van der Waals surface area contributed by atoms with E-state index in [-0.39, 0.29) is 0 Å². The van der Waals surface area contributed by atoms with Crippen LogP contribution in [0.2, 0.25) is 0 Å². The van der Waals surface area contributed by atoms with E-state index >= 15 is 0 Å². The topological polar surface area (TPSA) is 21.3 Å². The molecule has 15 heavy (non-hydrogen) atoms. The molecule has 0 saturated heterocycles. The van der Waals surface area contributed by atoms with Gasteiger partial charge in [-0.05, 0) is 50.1 Å². The average molecular weight is 207 g/mol. The van der Waals surface area contributed by atoms with Crippen LogP contribution in [0.5, 0.6) is 0 Å². The molecule has 2 aliphatic carbocycles. The molecule has 0 spiro atoms. The largest absolute Gasteiger partial charge is 0.496 e. The molecule has 2 fully saturated rings. The van der Waals surface area contributed by atoms with Crippen molar-refractivity contribution in [1.29, 1.82) is 0 Å². The number of fused-ring (bicyclic) bond motifs is 2. The first-order valence-electron chi connectivity index (χ1n) is 6.38. The molecule has 3 aliphatic rings. The molecule has 4 atom stereocenters. The zero-order valence-electron chi connectivity index (χ0n) is 9.54. The Morgan fingerprint density at radius 1 is 1.40 bits per heavy atom. The standard InChI is InChI=1S/C13H21NO/c1-14-13(12-3-2-6-15-12)11-8-9-4-5-10(11)7-9/h3,9-11,13-14H,2,4-8H2,1H3. The molecule has 1 aliphatic heterocycles. The van der Waals surface area contributed by atoms with E-state index < -0.39 is 0 Å². The van der Waals surface area contributed by atoms with Crippen LogP contribution in [-0.4, -0.2) is 19.7 Å². The average Bonchev–Trinajstić information content (AvgIpc) is 2.94. The van der Waals surface area contributed by atoms with Crippen LogP contribution in [0.4, 0.5) is 0 Å². The SMILES string of the molecule is CNC(C1=CCCO1)C1CC2CCC1C2. The van der Waals surface area contributed by atoms with E-state index in [1.807, 2.05) is 0 Å². The highest BCUT2D eigenvalue weighted by Gasteiger charge is 2.44. The van der Waals surface area contributed by atoms with Gasteiger partial charge in [-0.15, -0.1) is 0 Å². The summed E-state index contributed by atoms with van der Waals surface area (Å²) in [6.07, 6.45) is 9.24. The minimum Gasteiger partial charge on any atom is -0.496 e. The first-order valence-corrected chi connectivity index (χ1v) is 6.38. The molecule has 4 unspecified atom stereocenters. The number of likely N-dealkylation sites (N-methyl/N-ethyl adjacent to an activating group) is 1. The molecule has 0 amide bonds. The second-order valence-corrected chi connectivity index (χ2v) is 5.35. The molecule has 3 rings (SSSR count). The Morgan fingerprint density at radius 3 is 2.87 bits per heavy atom. The fraction of sp³-hybridized carbons (Fsp3) is 0.846. The molecule has 0 aromatic heterocycles. The van der Waals surface area contributed by atoms with Gasteiger partial charge in [0.15, 0.2) is 0 Å². The summed E-state index contributed by atoms with van der Waals surface area (Å²) in [5, 5.41) is 3.48. The van der Waals surface area contributed by atoms with Crippen LogP contribution < -0.4 is 5.32 Å². The summed E-state index contributed by atoms with van der Waals surface area (Å²) in [5.74, 6) is 4.07. The molecule has 1 N–H and O–H groups in total. The van der Waals surface area contributed by atoms with E-state index in [1.54, 1.807) is 0 Å². The lowest BCUT2D eigenvalue weighted by Crippen LogP contribution is -2.38. The summed E-state index contributed by atoms with van der Waals surface area (Å²) in [6.45, 7) is 0.897. The predicted octanol–water partition coefficient (Wildman–Crippen LogP) is 2.31. The number of nitrogens with one attached hydrogen (secondary N) is 1. The molecule has 0 aromatic carbocycles. The fourth-order valence-corrected chi connectivity index (χ4v) is 3.92. The number of hydrogen-bond donors (Lipinski definition) is 1. The van der Waals surface area contributed by atoms with Gasteiger partial charge in [0.25, 0.3) is 0 Å². The van der Waals surface area contributed by atoms with E-state index in [0.29, 0.717) is 6.04 Å². The molecule has 2 heteroatoms. The van der Waals surface area contributed by atoms with Crippen LogP contribution in [0.25, 0.3) is 0 Å². The summed E-state index contributed by atoms with van der Waals surface area (Å²) in [4.78, 5) is 0. The number of ether oxygens (including phenoxy) is 1. The first kappa shape index (κ1) is 9.71. The number of hydrogen-bond acceptors (Lipinski definition) is 2. The summed E-state index contributed by atoms with van der Waals surface area (Å²) in [6, 6.07) is 0.503. The molecule has 0 radical (unpaired) electrons. The Hall–Kier alpha value is -0.500. The molecule has 2 nitrogen and oxygen atoms in total. The van der Waals surface area contributed by atoms with Gasteiger partial charge in [-0.25, -0.2) is 0 Å². The van der Waals surface area contributed by atoms with Crippen LogP contribution in [0, 0.1) is 17.8 Å². The summed E-state index contributed by atoms with van der Waals surface area (Å²) in [5.41, 5.74) is 0. The van der Waals surface area contributed by atoms with Gasteiger partial charge in [0.05, 0.1) is 12.6 Å². The predicted molar refractivity (Wildman–Crippen MR) is 60.4 cm³/mol. The maximum absolute atomic E-state index is 5.72. The molecule has 2 saturated carbocycles. The van der Waals surface area contributed by atoms with E-state index in [2.05, 4.69) is 18.4 Å². The Morgan fingerprint density at radius 2 is 2.33 bits per heavy atom. The van der Waals surface area contributed by atoms with Crippen molar-refractivity contribution < 1.29 is 4.74 Å². The molecular weight excluding hydrogens is 186 g/mol. The Bertz CT molecular complexity index is 274. The zero-order valence-corrected chi connectivity index (χ0v) is 9.54. The maximum Gasteiger partial charge on any atom is 0.109 e. The van der Waals surface area contributed by atoms with Crippen LogP contribution in [0.1, 0.15) is 32.1 Å².